The quantitative estimate of drug-likeness (QED) is 0.338. The monoisotopic (exact) mass is 480 g/mol. The molecule has 1 saturated heterocycles. The fourth-order valence-electron chi connectivity index (χ4n) is 5.51. The van der Waals surface area contributed by atoms with Gasteiger partial charge in [0.2, 0.25) is 17.7 Å². The van der Waals surface area contributed by atoms with Crippen molar-refractivity contribution in [2.45, 2.75) is 70.3 Å². The SMILES string of the molecule is COCCCN1C(=O)CC(CC(=O)N(C)Cc2n[nH]c3c2CCCCC3)(c2ccccc2C)C1=O. The Balaban J connectivity index is 1.58. The highest BCUT2D eigenvalue weighted by atomic mass is 16.5. The molecule has 1 atom stereocenters. The number of amides is 3. The summed E-state index contributed by atoms with van der Waals surface area (Å²) < 4.78 is 5.10. The van der Waals surface area contributed by atoms with Gasteiger partial charge in [-0.05, 0) is 55.7 Å². The first-order valence-electron chi connectivity index (χ1n) is 12.6. The largest absolute Gasteiger partial charge is 0.385 e. The molecule has 2 heterocycles. The lowest BCUT2D eigenvalue weighted by Gasteiger charge is -2.30. The molecular weight excluding hydrogens is 444 g/mol. The Morgan fingerprint density at radius 2 is 1.97 bits per heavy atom. The number of methoxy groups -OCH3 is 1. The molecule has 4 rings (SSSR count). The molecule has 2 aliphatic rings. The second kappa shape index (κ2) is 10.7. The number of nitrogens with one attached hydrogen (secondary N) is 1. The first-order chi connectivity index (χ1) is 16.9. The van der Waals surface area contributed by atoms with Gasteiger partial charge in [-0.3, -0.25) is 24.4 Å². The van der Waals surface area contributed by atoms with Crippen LogP contribution in [0, 0.1) is 6.92 Å². The third-order valence-corrected chi connectivity index (χ3v) is 7.46. The van der Waals surface area contributed by atoms with E-state index in [0.29, 0.717) is 26.1 Å². The van der Waals surface area contributed by atoms with Crippen LogP contribution in [-0.4, -0.2) is 65.0 Å². The molecule has 0 saturated carbocycles. The van der Waals surface area contributed by atoms with Crippen molar-refractivity contribution < 1.29 is 19.1 Å². The van der Waals surface area contributed by atoms with E-state index < -0.39 is 5.41 Å². The number of carbonyl (C=O) groups excluding carboxylic acids is 3. The van der Waals surface area contributed by atoms with Crippen molar-refractivity contribution in [1.82, 2.24) is 20.0 Å². The summed E-state index contributed by atoms with van der Waals surface area (Å²) in [6, 6.07) is 7.57. The summed E-state index contributed by atoms with van der Waals surface area (Å²) in [5, 5.41) is 7.67. The third-order valence-electron chi connectivity index (χ3n) is 7.46. The zero-order chi connectivity index (χ0) is 25.0. The van der Waals surface area contributed by atoms with E-state index >= 15 is 0 Å². The van der Waals surface area contributed by atoms with E-state index in [2.05, 4.69) is 10.2 Å². The standard InChI is InChI=1S/C27H36N4O4/c1-19-10-7-8-12-21(19)27(17-25(33)31(26(27)34)14-9-15-35-3)16-24(32)30(2)18-23-20-11-5-4-6-13-22(20)28-29-23/h7-8,10,12H,4-6,9,11,13-18H2,1-3H3,(H,28,29). The number of carbonyl (C=O) groups is 3. The fraction of sp³-hybridized carbons (Fsp3) is 0.556. The maximum Gasteiger partial charge on any atom is 0.240 e. The van der Waals surface area contributed by atoms with Gasteiger partial charge in [0.25, 0.3) is 0 Å². The number of aromatic amines is 1. The van der Waals surface area contributed by atoms with Crippen LogP contribution in [0.1, 0.15) is 66.6 Å². The Hall–Kier alpha value is -3.00. The second-order valence-corrected chi connectivity index (χ2v) is 9.89. The van der Waals surface area contributed by atoms with Gasteiger partial charge in [0, 0.05) is 45.8 Å². The lowest BCUT2D eigenvalue weighted by Crippen LogP contribution is -2.43. The van der Waals surface area contributed by atoms with Gasteiger partial charge in [0.05, 0.1) is 17.7 Å². The summed E-state index contributed by atoms with van der Waals surface area (Å²) in [6.45, 7) is 3.07. The molecule has 1 N–H and O–H groups in total. The number of likely N-dealkylation sites (tertiary alicyclic amines) is 1. The normalized spacial score (nSPS) is 20.1. The number of ether oxygens (including phenoxy) is 1. The molecule has 1 aliphatic heterocycles. The smallest absolute Gasteiger partial charge is 0.240 e. The van der Waals surface area contributed by atoms with Crippen molar-refractivity contribution >= 4 is 17.7 Å². The van der Waals surface area contributed by atoms with Crippen LogP contribution in [0.4, 0.5) is 0 Å². The van der Waals surface area contributed by atoms with Crippen molar-refractivity contribution in [2.75, 3.05) is 27.3 Å². The molecule has 2 aromatic rings. The molecule has 1 aromatic heterocycles. The van der Waals surface area contributed by atoms with Crippen LogP contribution in [0.2, 0.25) is 0 Å². The van der Waals surface area contributed by atoms with Crippen LogP contribution < -0.4 is 0 Å². The van der Waals surface area contributed by atoms with Gasteiger partial charge in [0.15, 0.2) is 0 Å². The van der Waals surface area contributed by atoms with E-state index in [0.717, 1.165) is 42.5 Å². The molecule has 1 aromatic carbocycles. The van der Waals surface area contributed by atoms with Crippen molar-refractivity contribution in [1.29, 1.82) is 0 Å². The Morgan fingerprint density at radius 3 is 2.74 bits per heavy atom. The number of rotatable bonds is 9. The van der Waals surface area contributed by atoms with Gasteiger partial charge < -0.3 is 9.64 Å². The summed E-state index contributed by atoms with van der Waals surface area (Å²) in [5.74, 6) is -0.691. The average molecular weight is 481 g/mol. The molecule has 1 aliphatic carbocycles. The first kappa shape index (κ1) is 25.1. The maximum atomic E-state index is 13.8. The number of aromatic nitrogens is 2. The lowest BCUT2D eigenvalue weighted by molar-refractivity contribution is -0.142. The summed E-state index contributed by atoms with van der Waals surface area (Å²) in [6.07, 6.45) is 5.96. The van der Waals surface area contributed by atoms with Gasteiger partial charge >= 0.3 is 0 Å². The highest BCUT2D eigenvalue weighted by molar-refractivity contribution is 6.10. The van der Waals surface area contributed by atoms with Crippen molar-refractivity contribution in [3.8, 4) is 0 Å². The molecule has 188 valence electrons. The Kier molecular flexibility index (Phi) is 7.69. The highest BCUT2D eigenvalue weighted by Gasteiger charge is 2.54. The summed E-state index contributed by atoms with van der Waals surface area (Å²) in [4.78, 5) is 43.3. The molecule has 0 spiro atoms. The van der Waals surface area contributed by atoms with Crippen LogP contribution in [0.3, 0.4) is 0 Å². The van der Waals surface area contributed by atoms with Crippen LogP contribution in [0.25, 0.3) is 0 Å². The molecular formula is C27H36N4O4. The van der Waals surface area contributed by atoms with Crippen molar-refractivity contribution in [3.05, 3.63) is 52.3 Å². The minimum atomic E-state index is -1.19. The second-order valence-electron chi connectivity index (χ2n) is 9.89. The number of benzene rings is 1. The number of fused-ring (bicyclic) bond motifs is 1. The minimum Gasteiger partial charge on any atom is -0.385 e. The summed E-state index contributed by atoms with van der Waals surface area (Å²) in [7, 11) is 3.35. The lowest BCUT2D eigenvalue weighted by atomic mass is 9.74. The molecule has 1 unspecified atom stereocenters. The van der Waals surface area contributed by atoms with Gasteiger partial charge in [-0.1, -0.05) is 30.7 Å². The molecule has 3 amide bonds. The number of imide groups is 1. The predicted molar refractivity (Wildman–Crippen MR) is 132 cm³/mol. The van der Waals surface area contributed by atoms with E-state index in [-0.39, 0.29) is 30.6 Å². The van der Waals surface area contributed by atoms with E-state index in [9.17, 15) is 14.4 Å². The Morgan fingerprint density at radius 1 is 1.20 bits per heavy atom. The number of nitrogens with zero attached hydrogens (tertiary/aromatic N) is 3. The zero-order valence-corrected chi connectivity index (χ0v) is 21.1. The van der Waals surface area contributed by atoms with Crippen molar-refractivity contribution in [3.63, 3.8) is 0 Å². The van der Waals surface area contributed by atoms with E-state index in [4.69, 9.17) is 4.74 Å². The van der Waals surface area contributed by atoms with Gasteiger partial charge in [-0.15, -0.1) is 0 Å². The molecule has 8 heteroatoms. The third kappa shape index (κ3) is 5.03. The molecule has 35 heavy (non-hydrogen) atoms. The molecule has 0 radical (unpaired) electrons. The minimum absolute atomic E-state index is 0.00104. The van der Waals surface area contributed by atoms with Crippen LogP contribution >= 0.6 is 0 Å². The highest BCUT2D eigenvalue weighted by Crippen LogP contribution is 2.42. The number of aryl methyl sites for hydroxylation is 2. The van der Waals surface area contributed by atoms with E-state index in [1.54, 1.807) is 19.1 Å². The average Bonchev–Trinajstić information content (AvgIpc) is 3.20. The van der Waals surface area contributed by atoms with Crippen LogP contribution in [-0.2, 0) is 43.9 Å². The zero-order valence-electron chi connectivity index (χ0n) is 21.1. The molecule has 1 fully saturated rings. The number of hydrogen-bond acceptors (Lipinski definition) is 5. The van der Waals surface area contributed by atoms with Crippen LogP contribution in [0.5, 0.6) is 0 Å². The maximum absolute atomic E-state index is 13.8. The van der Waals surface area contributed by atoms with E-state index in [1.165, 1.54) is 22.6 Å². The molecule has 0 bridgehead atoms. The van der Waals surface area contributed by atoms with Gasteiger partial charge in [-0.2, -0.15) is 5.10 Å². The number of hydrogen-bond donors (Lipinski definition) is 1. The summed E-state index contributed by atoms with van der Waals surface area (Å²) in [5.41, 5.74) is 3.77. The van der Waals surface area contributed by atoms with Crippen LogP contribution in [0.15, 0.2) is 24.3 Å². The topological polar surface area (TPSA) is 95.6 Å². The predicted octanol–water partition coefficient (Wildman–Crippen LogP) is 3.07. The first-order valence-corrected chi connectivity index (χ1v) is 12.6. The summed E-state index contributed by atoms with van der Waals surface area (Å²) >= 11 is 0. The van der Waals surface area contributed by atoms with Crippen molar-refractivity contribution in [2.24, 2.45) is 0 Å². The van der Waals surface area contributed by atoms with E-state index in [1.807, 2.05) is 31.2 Å². The molecule has 8 nitrogen and oxygen atoms in total. The van der Waals surface area contributed by atoms with Gasteiger partial charge in [-0.25, -0.2) is 0 Å². The fourth-order valence-corrected chi connectivity index (χ4v) is 5.51. The number of H-pyrrole nitrogens is 1. The Bertz CT molecular complexity index is 1090. The van der Waals surface area contributed by atoms with Gasteiger partial charge in [0.1, 0.15) is 0 Å². The Labute approximate surface area is 207 Å².